The number of sulfone groups is 1. The van der Waals surface area contributed by atoms with Crippen molar-refractivity contribution >= 4 is 73.3 Å². The fourth-order valence-electron chi connectivity index (χ4n) is 5.74. The topological polar surface area (TPSA) is 356 Å². The Labute approximate surface area is 358 Å². The van der Waals surface area contributed by atoms with E-state index in [9.17, 15) is 69.9 Å². The summed E-state index contributed by atoms with van der Waals surface area (Å²) >= 11 is 0. The minimum absolute atomic E-state index is 0.0983. The first-order valence-electron chi connectivity index (χ1n) is 17.0. The summed E-state index contributed by atoms with van der Waals surface area (Å²) in [6.07, 6.45) is 0. The van der Waals surface area contributed by atoms with Crippen molar-refractivity contribution in [3.63, 3.8) is 0 Å². The van der Waals surface area contributed by atoms with Gasteiger partial charge in [-0.25, -0.2) is 8.42 Å². The lowest BCUT2D eigenvalue weighted by atomic mass is 10.0. The summed E-state index contributed by atoms with van der Waals surface area (Å²) in [5.41, 5.74) is 8.50. The summed E-state index contributed by atoms with van der Waals surface area (Å²) in [6.45, 7) is 0. The van der Waals surface area contributed by atoms with Gasteiger partial charge in [0.2, 0.25) is 9.84 Å². The standard InChI is InChI=1S/C38H28N2O18S5/c39-23-1-5-25(6-2-23)57-27-9-11-35(33(17-27)37(41)21-13-29(60(45,46)47)19-30(14-21)61(48,49)50)59(43,44)36-12-10-28(58-26-7-3-24(40)4-8-26)18-34(36)38(42)22-15-31(62(51,52)53)20-32(16-22)63(54,55)56/h1-20H,39-40H2,(H,45,46,47)(H,48,49,50)(H,51,52,53)(H,54,55,56). The smallest absolute Gasteiger partial charge is 0.294 e. The first kappa shape index (κ1) is 46.0. The Bertz CT molecular complexity index is 3120. The van der Waals surface area contributed by atoms with Crippen molar-refractivity contribution in [3.05, 3.63) is 144 Å². The van der Waals surface area contributed by atoms with Crippen LogP contribution in [0, 0.1) is 0 Å². The fraction of sp³-hybridized carbons (Fsp3) is 0. The van der Waals surface area contributed by atoms with Gasteiger partial charge in [-0.15, -0.1) is 0 Å². The molecule has 0 heterocycles. The van der Waals surface area contributed by atoms with Gasteiger partial charge in [-0.1, -0.05) is 0 Å². The van der Waals surface area contributed by atoms with Gasteiger partial charge in [0, 0.05) is 33.6 Å². The highest BCUT2D eigenvalue weighted by molar-refractivity contribution is 7.91. The minimum Gasteiger partial charge on any atom is -0.457 e. The molecule has 20 nitrogen and oxygen atoms in total. The van der Waals surface area contributed by atoms with Crippen LogP contribution in [0.1, 0.15) is 31.8 Å². The first-order valence-corrected chi connectivity index (χ1v) is 24.3. The minimum atomic E-state index is -5.31. The Kier molecular flexibility index (Phi) is 12.1. The zero-order chi connectivity index (χ0) is 46.4. The van der Waals surface area contributed by atoms with Gasteiger partial charge < -0.3 is 20.9 Å². The number of anilines is 2. The molecule has 0 atom stereocenters. The molecule has 8 N–H and O–H groups in total. The second kappa shape index (κ2) is 16.6. The van der Waals surface area contributed by atoms with E-state index in [1.807, 2.05) is 0 Å². The van der Waals surface area contributed by atoms with Crippen LogP contribution in [-0.2, 0) is 50.3 Å². The Hall–Kier alpha value is -6.55. The summed E-state index contributed by atoms with van der Waals surface area (Å²) in [7, 11) is -26.5. The van der Waals surface area contributed by atoms with Crippen molar-refractivity contribution < 1.29 is 79.4 Å². The van der Waals surface area contributed by atoms with Crippen molar-refractivity contribution in [1.82, 2.24) is 0 Å². The maximum absolute atomic E-state index is 14.9. The average molecular weight is 961 g/mol. The third-order valence-electron chi connectivity index (χ3n) is 8.68. The molecule has 0 aliphatic carbocycles. The average Bonchev–Trinajstić information content (AvgIpc) is 3.20. The number of hydrogen-bond acceptors (Lipinski definition) is 16. The SMILES string of the molecule is Nc1ccc(Oc2ccc(S(=O)(=O)c3ccc(Oc4ccc(N)cc4)cc3C(=O)c3cc(S(=O)(=O)O)cc(S(=O)(=O)O)c3)c(C(=O)c3cc(S(=O)(=O)O)cc(S(=O)(=O)O)c3)c2)cc1. The van der Waals surface area contributed by atoms with Crippen molar-refractivity contribution in [3.8, 4) is 23.0 Å². The highest BCUT2D eigenvalue weighted by Crippen LogP contribution is 2.37. The maximum Gasteiger partial charge on any atom is 0.294 e. The van der Waals surface area contributed by atoms with Crippen molar-refractivity contribution in [2.45, 2.75) is 29.4 Å². The summed E-state index contributed by atoms with van der Waals surface area (Å²) in [5.74, 6) is -3.23. The quantitative estimate of drug-likeness (QED) is 0.0488. The fourth-order valence-corrected chi connectivity index (χ4v) is 9.71. The summed E-state index contributed by atoms with van der Waals surface area (Å²) < 4.78 is 178. The van der Waals surface area contributed by atoms with Crippen LogP contribution in [0.4, 0.5) is 11.4 Å². The van der Waals surface area contributed by atoms with E-state index in [4.69, 9.17) is 20.9 Å². The number of rotatable bonds is 14. The molecule has 6 aromatic rings. The number of carbonyl (C=O) groups excluding carboxylic acids is 2. The summed E-state index contributed by atoms with van der Waals surface area (Å²) in [4.78, 5) is 22.0. The van der Waals surface area contributed by atoms with Gasteiger partial charge in [-0.3, -0.25) is 27.8 Å². The van der Waals surface area contributed by atoms with Crippen LogP contribution in [-0.4, -0.2) is 71.9 Å². The predicted molar refractivity (Wildman–Crippen MR) is 219 cm³/mol. The van der Waals surface area contributed by atoms with Crippen LogP contribution in [0.25, 0.3) is 0 Å². The molecule has 328 valence electrons. The molecule has 0 bridgehead atoms. The molecule has 0 saturated heterocycles. The Balaban J connectivity index is 1.62. The molecule has 63 heavy (non-hydrogen) atoms. The normalized spacial score (nSPS) is 12.4. The highest BCUT2D eigenvalue weighted by Gasteiger charge is 2.33. The molecule has 0 aliphatic rings. The van der Waals surface area contributed by atoms with E-state index < -0.39 is 114 Å². The lowest BCUT2D eigenvalue weighted by Crippen LogP contribution is -2.16. The molecule has 0 aliphatic heterocycles. The third kappa shape index (κ3) is 10.4. The number of hydrogen-bond donors (Lipinski definition) is 6. The molecule has 0 spiro atoms. The van der Waals surface area contributed by atoms with Gasteiger partial charge in [0.25, 0.3) is 40.5 Å². The van der Waals surface area contributed by atoms with Gasteiger partial charge in [0.05, 0.1) is 29.4 Å². The van der Waals surface area contributed by atoms with Gasteiger partial charge in [0.15, 0.2) is 11.6 Å². The molecule has 0 aromatic heterocycles. The number of ether oxygens (including phenoxy) is 2. The van der Waals surface area contributed by atoms with Crippen molar-refractivity contribution in [2.24, 2.45) is 0 Å². The molecule has 25 heteroatoms. The van der Waals surface area contributed by atoms with Crippen LogP contribution in [0.3, 0.4) is 0 Å². The van der Waals surface area contributed by atoms with E-state index in [0.29, 0.717) is 47.8 Å². The molecule has 0 fully saturated rings. The van der Waals surface area contributed by atoms with E-state index in [-0.39, 0.29) is 23.0 Å². The summed E-state index contributed by atoms with van der Waals surface area (Å²) in [5, 5.41) is 0. The number of nitrogens with two attached hydrogens (primary N) is 2. The lowest BCUT2D eigenvalue weighted by molar-refractivity contribution is 0.102. The molecule has 0 radical (unpaired) electrons. The first-order chi connectivity index (χ1) is 29.1. The highest BCUT2D eigenvalue weighted by atomic mass is 32.2. The molecule has 0 amide bonds. The second-order valence-corrected chi connectivity index (χ2v) is 20.7. The Morgan fingerprint density at radius 1 is 0.381 bits per heavy atom. The zero-order valence-corrected chi connectivity index (χ0v) is 35.3. The monoisotopic (exact) mass is 960 g/mol. The number of carbonyl (C=O) groups is 2. The van der Waals surface area contributed by atoms with E-state index in [0.717, 1.165) is 36.4 Å². The van der Waals surface area contributed by atoms with Gasteiger partial charge >= 0.3 is 0 Å². The van der Waals surface area contributed by atoms with Crippen molar-refractivity contribution in [1.29, 1.82) is 0 Å². The maximum atomic E-state index is 14.9. The number of nitrogen functional groups attached to an aromatic ring is 2. The number of ketones is 2. The van der Waals surface area contributed by atoms with Crippen molar-refractivity contribution in [2.75, 3.05) is 11.5 Å². The predicted octanol–water partition coefficient (Wildman–Crippen LogP) is 4.72. The molecule has 0 saturated carbocycles. The van der Waals surface area contributed by atoms with Crippen LogP contribution in [0.2, 0.25) is 0 Å². The van der Waals surface area contributed by atoms with E-state index >= 15 is 0 Å². The zero-order valence-electron chi connectivity index (χ0n) is 31.2. The Morgan fingerprint density at radius 3 is 0.921 bits per heavy atom. The molecule has 6 aromatic carbocycles. The van der Waals surface area contributed by atoms with Gasteiger partial charge in [-0.05, 0) is 121 Å². The van der Waals surface area contributed by atoms with Crippen LogP contribution < -0.4 is 20.9 Å². The van der Waals surface area contributed by atoms with E-state index in [1.54, 1.807) is 0 Å². The van der Waals surface area contributed by atoms with Crippen LogP contribution in [0.15, 0.2) is 151 Å². The third-order valence-corrected chi connectivity index (χ3v) is 13.9. The van der Waals surface area contributed by atoms with E-state index in [2.05, 4.69) is 0 Å². The molecular weight excluding hydrogens is 933 g/mol. The molecule has 0 unspecified atom stereocenters. The van der Waals surface area contributed by atoms with Gasteiger partial charge in [0.1, 0.15) is 23.0 Å². The largest absolute Gasteiger partial charge is 0.457 e. The van der Waals surface area contributed by atoms with Gasteiger partial charge in [-0.2, -0.15) is 33.7 Å². The molecular formula is C38H28N2O18S5. The Morgan fingerprint density at radius 2 is 0.651 bits per heavy atom. The molecule has 6 rings (SSSR count). The lowest BCUT2D eigenvalue weighted by Gasteiger charge is -2.17. The summed E-state index contributed by atoms with van der Waals surface area (Å²) in [6, 6.07) is 19.2. The van der Waals surface area contributed by atoms with Crippen LogP contribution >= 0.6 is 0 Å². The van der Waals surface area contributed by atoms with E-state index in [1.165, 1.54) is 48.5 Å². The van der Waals surface area contributed by atoms with Crippen LogP contribution in [0.5, 0.6) is 23.0 Å². The number of benzene rings is 6. The second-order valence-electron chi connectivity index (χ2n) is 13.1.